The summed E-state index contributed by atoms with van der Waals surface area (Å²) >= 11 is 7.31. The number of carbonyl (C=O) groups is 2. The van der Waals surface area contributed by atoms with E-state index < -0.39 is 35.9 Å². The monoisotopic (exact) mass is 456 g/mol. The highest BCUT2D eigenvalue weighted by molar-refractivity contribution is 7.18. The maximum absolute atomic E-state index is 13.0. The molecule has 1 heterocycles. The van der Waals surface area contributed by atoms with Crippen LogP contribution in [0.25, 0.3) is 10.2 Å². The van der Waals surface area contributed by atoms with Crippen LogP contribution in [0, 0.1) is 0 Å². The zero-order chi connectivity index (χ0) is 21.7. The number of hydrogen-bond acceptors (Lipinski definition) is 5. The van der Waals surface area contributed by atoms with Gasteiger partial charge in [0.05, 0.1) is 31.5 Å². The maximum Gasteiger partial charge on any atom is 0.418 e. The minimum absolute atomic E-state index is 0.0586. The van der Waals surface area contributed by atoms with Gasteiger partial charge in [0.15, 0.2) is 6.61 Å². The Morgan fingerprint density at radius 1 is 1.13 bits per heavy atom. The molecule has 0 saturated heterocycles. The summed E-state index contributed by atoms with van der Waals surface area (Å²) in [5, 5.41) is 2.69. The predicted molar refractivity (Wildman–Crippen MR) is 109 cm³/mol. The van der Waals surface area contributed by atoms with E-state index in [1.165, 1.54) is 6.07 Å². The quantitative estimate of drug-likeness (QED) is 0.478. The highest BCUT2D eigenvalue weighted by Gasteiger charge is 2.34. The highest BCUT2D eigenvalue weighted by atomic mass is 35.5. The third-order valence-electron chi connectivity index (χ3n) is 4.06. The minimum Gasteiger partial charge on any atom is -0.456 e. The van der Waals surface area contributed by atoms with Crippen molar-refractivity contribution in [1.29, 1.82) is 0 Å². The van der Waals surface area contributed by atoms with Crippen molar-refractivity contribution in [3.8, 4) is 0 Å². The minimum atomic E-state index is -4.69. The van der Waals surface area contributed by atoms with Crippen LogP contribution in [-0.2, 0) is 26.9 Å². The van der Waals surface area contributed by atoms with Crippen LogP contribution in [0.4, 0.5) is 18.9 Å². The number of alkyl halides is 3. The summed E-state index contributed by atoms with van der Waals surface area (Å²) in [5.74, 6) is -1.53. The van der Waals surface area contributed by atoms with E-state index in [2.05, 4.69) is 10.3 Å². The van der Waals surface area contributed by atoms with Gasteiger partial charge < -0.3 is 10.1 Å². The van der Waals surface area contributed by atoms with Gasteiger partial charge in [0, 0.05) is 6.42 Å². The number of rotatable bonds is 7. The first-order chi connectivity index (χ1) is 14.2. The number of amides is 1. The van der Waals surface area contributed by atoms with Crippen molar-refractivity contribution in [3.63, 3.8) is 0 Å². The van der Waals surface area contributed by atoms with Crippen molar-refractivity contribution in [3.05, 3.63) is 58.1 Å². The molecule has 158 valence electrons. The van der Waals surface area contributed by atoms with Gasteiger partial charge in [-0.25, -0.2) is 4.98 Å². The van der Waals surface area contributed by atoms with E-state index in [1.54, 1.807) is 11.3 Å². The first-order valence-corrected chi connectivity index (χ1v) is 10.1. The summed E-state index contributed by atoms with van der Waals surface area (Å²) in [6.45, 7) is -0.706. The summed E-state index contributed by atoms with van der Waals surface area (Å²) in [5.41, 5.74) is -0.747. The molecule has 0 atom stereocenters. The normalized spacial score (nSPS) is 11.5. The van der Waals surface area contributed by atoms with Gasteiger partial charge in [-0.15, -0.1) is 11.3 Å². The van der Waals surface area contributed by atoms with Gasteiger partial charge in [-0.05, 0) is 37.1 Å². The summed E-state index contributed by atoms with van der Waals surface area (Å²) < 4.78 is 45.0. The molecule has 1 amide bonds. The summed E-state index contributed by atoms with van der Waals surface area (Å²) in [6.07, 6.45) is -3.58. The fourth-order valence-corrected chi connectivity index (χ4v) is 3.92. The number of aryl methyl sites for hydroxylation is 1. The summed E-state index contributed by atoms with van der Waals surface area (Å²) in [4.78, 5) is 28.2. The Morgan fingerprint density at radius 2 is 1.90 bits per heavy atom. The Bertz CT molecular complexity index is 1040. The first kappa shape index (κ1) is 22.0. The van der Waals surface area contributed by atoms with Crippen molar-refractivity contribution in [1.82, 2.24) is 4.98 Å². The van der Waals surface area contributed by atoms with Crippen molar-refractivity contribution in [2.75, 3.05) is 11.9 Å². The number of fused-ring (bicyclic) bond motifs is 1. The number of para-hydroxylation sites is 2. The second-order valence-corrected chi connectivity index (χ2v) is 7.82. The molecule has 30 heavy (non-hydrogen) atoms. The Balaban J connectivity index is 1.46. The molecule has 0 aliphatic rings. The molecule has 10 heteroatoms. The number of thiazole rings is 1. The Morgan fingerprint density at radius 3 is 2.63 bits per heavy atom. The lowest BCUT2D eigenvalue weighted by molar-refractivity contribution is -0.147. The third kappa shape index (κ3) is 5.70. The fourth-order valence-electron chi connectivity index (χ4n) is 2.69. The number of ether oxygens (including phenoxy) is 1. The maximum atomic E-state index is 13.0. The van der Waals surface area contributed by atoms with Gasteiger partial charge in [0.1, 0.15) is 0 Å². The van der Waals surface area contributed by atoms with Crippen LogP contribution in [0.3, 0.4) is 0 Å². The van der Waals surface area contributed by atoms with Crippen LogP contribution in [0.15, 0.2) is 42.5 Å². The number of aromatic nitrogens is 1. The molecular formula is C20H16ClF3N2O3S. The molecule has 0 spiro atoms. The number of esters is 1. The zero-order valence-corrected chi connectivity index (χ0v) is 17.0. The molecule has 1 aromatic heterocycles. The van der Waals surface area contributed by atoms with E-state index in [9.17, 15) is 22.8 Å². The lowest BCUT2D eigenvalue weighted by atomic mass is 10.1. The standard InChI is InChI=1S/C20H16ClF3N2O3S/c21-13-6-3-5-12(20(22,23)24)19(13)26-16(27)11-29-18(28)10-4-9-17-25-14-7-1-2-8-15(14)30-17/h1-3,5-8H,4,9-11H2,(H,26,27). The van der Waals surface area contributed by atoms with Crippen LogP contribution >= 0.6 is 22.9 Å². The second-order valence-electron chi connectivity index (χ2n) is 6.30. The van der Waals surface area contributed by atoms with Crippen molar-refractivity contribution in [2.45, 2.75) is 25.4 Å². The lowest BCUT2D eigenvalue weighted by Crippen LogP contribution is -2.23. The molecule has 0 bridgehead atoms. The summed E-state index contributed by atoms with van der Waals surface area (Å²) in [7, 11) is 0. The summed E-state index contributed by atoms with van der Waals surface area (Å²) in [6, 6.07) is 10.8. The third-order valence-corrected chi connectivity index (χ3v) is 5.47. The molecule has 0 unspecified atom stereocenters. The topological polar surface area (TPSA) is 68.3 Å². The van der Waals surface area contributed by atoms with Gasteiger partial charge in [-0.3, -0.25) is 9.59 Å². The number of nitrogens with zero attached hydrogens (tertiary/aromatic N) is 1. The van der Waals surface area contributed by atoms with E-state index in [1.807, 2.05) is 24.3 Å². The fraction of sp³-hybridized carbons (Fsp3) is 0.250. The predicted octanol–water partition coefficient (Wildman–Crippen LogP) is 5.47. The average molecular weight is 457 g/mol. The Hall–Kier alpha value is -2.65. The van der Waals surface area contributed by atoms with Gasteiger partial charge in [0.2, 0.25) is 0 Å². The van der Waals surface area contributed by atoms with Crippen LogP contribution in [0.1, 0.15) is 23.4 Å². The molecule has 2 aromatic carbocycles. The molecule has 3 aromatic rings. The Labute approximate surface area is 178 Å². The van der Waals surface area contributed by atoms with Crippen LogP contribution in [0.5, 0.6) is 0 Å². The number of anilines is 1. The van der Waals surface area contributed by atoms with E-state index in [4.69, 9.17) is 16.3 Å². The molecule has 0 aliphatic heterocycles. The first-order valence-electron chi connectivity index (χ1n) is 8.89. The Kier molecular flexibility index (Phi) is 6.94. The molecule has 0 radical (unpaired) electrons. The average Bonchev–Trinajstić information content (AvgIpc) is 3.10. The van der Waals surface area contributed by atoms with E-state index >= 15 is 0 Å². The van der Waals surface area contributed by atoms with Gasteiger partial charge in [0.25, 0.3) is 5.91 Å². The number of hydrogen-bond donors (Lipinski definition) is 1. The number of nitrogens with one attached hydrogen (secondary N) is 1. The van der Waals surface area contributed by atoms with Crippen molar-refractivity contribution in [2.24, 2.45) is 0 Å². The smallest absolute Gasteiger partial charge is 0.418 e. The van der Waals surface area contributed by atoms with Crippen LogP contribution < -0.4 is 5.32 Å². The highest BCUT2D eigenvalue weighted by Crippen LogP contribution is 2.38. The van der Waals surface area contributed by atoms with Crippen molar-refractivity contribution < 1.29 is 27.5 Å². The number of benzene rings is 2. The molecule has 0 saturated carbocycles. The number of carbonyl (C=O) groups excluding carboxylic acids is 2. The molecule has 0 aliphatic carbocycles. The SMILES string of the molecule is O=C(COC(=O)CCCc1nc2ccccc2s1)Nc1c(Cl)cccc1C(F)(F)F. The van der Waals surface area contributed by atoms with Gasteiger partial charge in [-0.2, -0.15) is 13.2 Å². The van der Waals surface area contributed by atoms with Crippen molar-refractivity contribution >= 4 is 50.7 Å². The van der Waals surface area contributed by atoms with Gasteiger partial charge in [-0.1, -0.05) is 29.8 Å². The van der Waals surface area contributed by atoms with E-state index in [0.29, 0.717) is 12.8 Å². The second kappa shape index (κ2) is 9.44. The van der Waals surface area contributed by atoms with Gasteiger partial charge >= 0.3 is 12.1 Å². The molecule has 1 N–H and O–H groups in total. The molecule has 5 nitrogen and oxygen atoms in total. The number of halogens is 4. The lowest BCUT2D eigenvalue weighted by Gasteiger charge is -2.15. The molecular weight excluding hydrogens is 441 g/mol. The molecule has 0 fully saturated rings. The van der Waals surface area contributed by atoms with E-state index in [-0.39, 0.29) is 11.4 Å². The molecule has 3 rings (SSSR count). The zero-order valence-electron chi connectivity index (χ0n) is 15.5. The van der Waals surface area contributed by atoms with Crippen LogP contribution in [0.2, 0.25) is 5.02 Å². The largest absolute Gasteiger partial charge is 0.456 e. The van der Waals surface area contributed by atoms with Crippen LogP contribution in [-0.4, -0.2) is 23.5 Å². The van der Waals surface area contributed by atoms with E-state index in [0.717, 1.165) is 27.4 Å².